The van der Waals surface area contributed by atoms with Gasteiger partial charge in [-0.1, -0.05) is 12.5 Å². The number of rotatable bonds is 4. The van der Waals surface area contributed by atoms with Gasteiger partial charge in [0.2, 0.25) is 0 Å². The number of carboxylic acids is 1. The van der Waals surface area contributed by atoms with Gasteiger partial charge in [0.15, 0.2) is 0 Å². The number of amides is 1. The molecule has 23 heavy (non-hydrogen) atoms. The van der Waals surface area contributed by atoms with Crippen molar-refractivity contribution in [2.45, 2.75) is 51.0 Å². The van der Waals surface area contributed by atoms with Crippen molar-refractivity contribution < 1.29 is 24.2 Å². The molecule has 0 heterocycles. The third-order valence-corrected chi connectivity index (χ3v) is 3.98. The van der Waals surface area contributed by atoms with Crippen molar-refractivity contribution in [2.24, 2.45) is 0 Å². The van der Waals surface area contributed by atoms with Crippen LogP contribution in [0.3, 0.4) is 0 Å². The molecular weight excluding hydrogens is 298 g/mol. The van der Waals surface area contributed by atoms with E-state index in [0.717, 1.165) is 6.42 Å². The lowest BCUT2D eigenvalue weighted by Crippen LogP contribution is -2.42. The molecule has 1 saturated carbocycles. The Morgan fingerprint density at radius 3 is 2.35 bits per heavy atom. The molecule has 6 heteroatoms. The van der Waals surface area contributed by atoms with Crippen molar-refractivity contribution in [3.63, 3.8) is 0 Å². The predicted octanol–water partition coefficient (Wildman–Crippen LogP) is 3.55. The average Bonchev–Trinajstić information content (AvgIpc) is 2.36. The van der Waals surface area contributed by atoms with Crippen molar-refractivity contribution in [1.29, 1.82) is 0 Å². The Hall–Kier alpha value is -2.24. The van der Waals surface area contributed by atoms with Crippen LogP contribution in [0, 0.1) is 0 Å². The van der Waals surface area contributed by atoms with Crippen molar-refractivity contribution in [2.75, 3.05) is 12.4 Å². The van der Waals surface area contributed by atoms with Crippen LogP contribution in [0.1, 0.15) is 45.6 Å². The molecule has 1 aliphatic carbocycles. The van der Waals surface area contributed by atoms with Crippen LogP contribution in [0.4, 0.5) is 10.5 Å². The molecule has 0 atom stereocenters. The quantitative estimate of drug-likeness (QED) is 0.886. The lowest BCUT2D eigenvalue weighted by molar-refractivity contribution is -0.147. The minimum absolute atomic E-state index is 0.459. The first kappa shape index (κ1) is 17.1. The number of nitrogens with one attached hydrogen (secondary N) is 1. The number of methoxy groups -OCH3 is 1. The van der Waals surface area contributed by atoms with Gasteiger partial charge >= 0.3 is 12.1 Å². The molecule has 0 radical (unpaired) electrons. The van der Waals surface area contributed by atoms with Gasteiger partial charge in [0.1, 0.15) is 11.4 Å². The number of benzene rings is 1. The molecule has 0 bridgehead atoms. The first-order chi connectivity index (χ1) is 10.7. The lowest BCUT2D eigenvalue weighted by atomic mass is 9.64. The third-order valence-electron chi connectivity index (χ3n) is 3.98. The highest BCUT2D eigenvalue weighted by Crippen LogP contribution is 2.47. The summed E-state index contributed by atoms with van der Waals surface area (Å²) in [6, 6.07) is 5.01. The molecule has 1 aromatic carbocycles. The van der Waals surface area contributed by atoms with Gasteiger partial charge in [0.05, 0.1) is 12.5 Å². The second-order valence-corrected chi connectivity index (χ2v) is 6.78. The summed E-state index contributed by atoms with van der Waals surface area (Å²) in [5, 5.41) is 12.2. The molecule has 6 nitrogen and oxygen atoms in total. The maximum absolute atomic E-state index is 11.8. The Labute approximate surface area is 135 Å². The standard InChI is InChI=1S/C17H23NO5/c1-16(2,3)23-15(21)18-11-6-7-12(13(10-11)22-4)17(14(19)20)8-5-9-17/h6-7,10H,5,8-9H2,1-4H3,(H,18,21)(H,19,20). The second kappa shape index (κ2) is 6.10. The normalized spacial score (nSPS) is 16.2. The number of carbonyl (C=O) groups excluding carboxylic acids is 1. The number of ether oxygens (including phenoxy) is 2. The Morgan fingerprint density at radius 2 is 1.91 bits per heavy atom. The molecule has 1 fully saturated rings. The van der Waals surface area contributed by atoms with Gasteiger partial charge in [0.25, 0.3) is 0 Å². The molecule has 0 aliphatic heterocycles. The topological polar surface area (TPSA) is 84.9 Å². The molecule has 0 saturated heterocycles. The Bertz CT molecular complexity index is 614. The van der Waals surface area contributed by atoms with Crippen LogP contribution in [0.25, 0.3) is 0 Å². The summed E-state index contributed by atoms with van der Waals surface area (Å²) >= 11 is 0. The van der Waals surface area contributed by atoms with Crippen molar-refractivity contribution in [3.8, 4) is 5.75 Å². The van der Waals surface area contributed by atoms with E-state index in [1.165, 1.54) is 7.11 Å². The molecule has 126 valence electrons. The average molecular weight is 321 g/mol. The first-order valence-electron chi connectivity index (χ1n) is 7.60. The molecule has 0 aromatic heterocycles. The smallest absolute Gasteiger partial charge is 0.412 e. The van der Waals surface area contributed by atoms with Gasteiger partial charge < -0.3 is 14.6 Å². The van der Waals surface area contributed by atoms with E-state index in [1.54, 1.807) is 39.0 Å². The minimum Gasteiger partial charge on any atom is -0.496 e. The molecule has 0 unspecified atom stereocenters. The fourth-order valence-electron chi connectivity index (χ4n) is 2.71. The zero-order valence-electron chi connectivity index (χ0n) is 13.9. The zero-order valence-corrected chi connectivity index (χ0v) is 13.9. The molecule has 2 N–H and O–H groups in total. The largest absolute Gasteiger partial charge is 0.496 e. The van der Waals surface area contributed by atoms with Gasteiger partial charge in [-0.25, -0.2) is 4.79 Å². The summed E-state index contributed by atoms with van der Waals surface area (Å²) in [4.78, 5) is 23.5. The van der Waals surface area contributed by atoms with Gasteiger partial charge in [0, 0.05) is 17.3 Å². The number of hydrogen-bond acceptors (Lipinski definition) is 4. The van der Waals surface area contributed by atoms with E-state index in [4.69, 9.17) is 9.47 Å². The second-order valence-electron chi connectivity index (χ2n) is 6.78. The predicted molar refractivity (Wildman–Crippen MR) is 86.0 cm³/mol. The van der Waals surface area contributed by atoms with Gasteiger partial charge in [-0.05, 0) is 39.7 Å². The number of carboxylic acid groups (broad SMARTS) is 1. The number of anilines is 1. The highest BCUT2D eigenvalue weighted by molar-refractivity contribution is 5.87. The fourth-order valence-corrected chi connectivity index (χ4v) is 2.71. The highest BCUT2D eigenvalue weighted by Gasteiger charge is 2.47. The Kier molecular flexibility index (Phi) is 4.54. The molecule has 2 rings (SSSR count). The molecule has 0 spiro atoms. The maximum atomic E-state index is 11.8. The van der Waals surface area contributed by atoms with Crippen molar-refractivity contribution in [3.05, 3.63) is 23.8 Å². The van der Waals surface area contributed by atoms with Crippen LogP contribution in [0.15, 0.2) is 18.2 Å². The van der Waals surface area contributed by atoms with Crippen LogP contribution in [0.2, 0.25) is 0 Å². The summed E-state index contributed by atoms with van der Waals surface area (Å²) < 4.78 is 10.5. The number of hydrogen-bond donors (Lipinski definition) is 2. The maximum Gasteiger partial charge on any atom is 0.412 e. The van der Waals surface area contributed by atoms with E-state index in [0.29, 0.717) is 29.8 Å². The summed E-state index contributed by atoms with van der Waals surface area (Å²) in [6.07, 6.45) is 1.51. The van der Waals surface area contributed by atoms with Crippen LogP contribution in [-0.2, 0) is 14.9 Å². The van der Waals surface area contributed by atoms with Crippen LogP contribution in [-0.4, -0.2) is 29.9 Å². The van der Waals surface area contributed by atoms with E-state index in [-0.39, 0.29) is 0 Å². The molecular formula is C17H23NO5. The summed E-state index contributed by atoms with van der Waals surface area (Å²) in [5.74, 6) is -0.379. The number of carbonyl (C=O) groups is 2. The molecule has 1 aliphatic rings. The summed E-state index contributed by atoms with van der Waals surface area (Å²) in [7, 11) is 1.49. The Morgan fingerprint density at radius 1 is 1.26 bits per heavy atom. The number of aliphatic carboxylic acids is 1. The van der Waals surface area contributed by atoms with E-state index in [9.17, 15) is 14.7 Å². The third kappa shape index (κ3) is 3.57. The fraction of sp³-hybridized carbons (Fsp3) is 0.529. The first-order valence-corrected chi connectivity index (χ1v) is 7.60. The monoisotopic (exact) mass is 321 g/mol. The van der Waals surface area contributed by atoms with Gasteiger partial charge in [-0.3, -0.25) is 10.1 Å². The van der Waals surface area contributed by atoms with Crippen LogP contribution < -0.4 is 10.1 Å². The summed E-state index contributed by atoms with van der Waals surface area (Å²) in [6.45, 7) is 5.34. The van der Waals surface area contributed by atoms with Crippen molar-refractivity contribution in [1.82, 2.24) is 0 Å². The van der Waals surface area contributed by atoms with E-state index in [1.807, 2.05) is 0 Å². The van der Waals surface area contributed by atoms with E-state index < -0.39 is 23.1 Å². The van der Waals surface area contributed by atoms with Crippen LogP contribution >= 0.6 is 0 Å². The van der Waals surface area contributed by atoms with Gasteiger partial charge in [-0.2, -0.15) is 0 Å². The molecule has 1 amide bonds. The highest BCUT2D eigenvalue weighted by atomic mass is 16.6. The SMILES string of the molecule is COc1cc(NC(=O)OC(C)(C)C)ccc1C1(C(=O)O)CCC1. The zero-order chi connectivity index (χ0) is 17.3. The molecule has 1 aromatic rings. The Balaban J connectivity index is 2.23. The van der Waals surface area contributed by atoms with Gasteiger partial charge in [-0.15, -0.1) is 0 Å². The van der Waals surface area contributed by atoms with E-state index in [2.05, 4.69) is 5.32 Å². The van der Waals surface area contributed by atoms with Crippen LogP contribution in [0.5, 0.6) is 5.75 Å². The van der Waals surface area contributed by atoms with Crippen molar-refractivity contribution >= 4 is 17.7 Å². The minimum atomic E-state index is -0.879. The summed E-state index contributed by atoms with van der Waals surface area (Å²) in [5.41, 5.74) is -0.323. The lowest BCUT2D eigenvalue weighted by Gasteiger charge is -2.38. The van der Waals surface area contributed by atoms with E-state index >= 15 is 0 Å².